The van der Waals surface area contributed by atoms with Crippen molar-refractivity contribution in [1.82, 2.24) is 14.7 Å². The van der Waals surface area contributed by atoms with Gasteiger partial charge in [0.1, 0.15) is 5.15 Å². The lowest BCUT2D eigenvalue weighted by Gasteiger charge is -2.35. The molecule has 1 saturated heterocycles. The van der Waals surface area contributed by atoms with Crippen LogP contribution in [-0.4, -0.2) is 31.2 Å². The Morgan fingerprint density at radius 2 is 1.87 bits per heavy atom. The van der Waals surface area contributed by atoms with Gasteiger partial charge in [0, 0.05) is 16.8 Å². The number of hydrogen-bond donors (Lipinski definition) is 3. The summed E-state index contributed by atoms with van der Waals surface area (Å²) in [5, 5.41) is 0.860. The van der Waals surface area contributed by atoms with Crippen molar-refractivity contribution in [2.24, 2.45) is 0 Å². The van der Waals surface area contributed by atoms with Crippen LogP contribution in [0.15, 0.2) is 30.5 Å². The van der Waals surface area contributed by atoms with E-state index in [1.807, 2.05) is 26.0 Å². The lowest BCUT2D eigenvalue weighted by molar-refractivity contribution is 0.454. The van der Waals surface area contributed by atoms with Crippen LogP contribution >= 0.6 is 34.2 Å². The third kappa shape index (κ3) is 3.40. The second kappa shape index (κ2) is 5.77. The van der Waals surface area contributed by atoms with Gasteiger partial charge in [-0.1, -0.05) is 35.3 Å². The predicted molar refractivity (Wildman–Crippen MR) is 94.9 cm³/mol. The Kier molecular flexibility index (Phi) is 4.20. The minimum Gasteiger partial charge on any atom is -0.268 e. The van der Waals surface area contributed by atoms with Crippen molar-refractivity contribution in [1.29, 1.82) is 0 Å². The minimum atomic E-state index is -3.17. The summed E-state index contributed by atoms with van der Waals surface area (Å²) >= 11 is 12.1. The van der Waals surface area contributed by atoms with Gasteiger partial charge in [0.25, 0.3) is 0 Å². The topological polar surface area (TPSA) is 81.5 Å². The largest absolute Gasteiger partial charge is 0.268 e. The van der Waals surface area contributed by atoms with Crippen LogP contribution in [0.4, 0.5) is 5.95 Å². The first kappa shape index (κ1) is 16.8. The molecule has 6 nitrogen and oxygen atoms in total. The Labute approximate surface area is 146 Å². The number of hydrogen-bond acceptors (Lipinski definition) is 6. The van der Waals surface area contributed by atoms with Gasteiger partial charge >= 0.3 is 0 Å². The third-order valence-corrected chi connectivity index (χ3v) is 5.64. The molecule has 9 heteroatoms. The fraction of sp³-hybridized carbons (Fsp3) is 0.286. The highest BCUT2D eigenvalue weighted by molar-refractivity contribution is 8.24. The number of anilines is 1. The summed E-state index contributed by atoms with van der Waals surface area (Å²) in [4.78, 5) is 8.46. The molecule has 0 amide bonds. The van der Waals surface area contributed by atoms with Crippen LogP contribution in [0.2, 0.25) is 10.2 Å². The molecule has 1 aliphatic heterocycles. The van der Waals surface area contributed by atoms with E-state index in [0.29, 0.717) is 17.1 Å². The first-order chi connectivity index (χ1) is 10.7. The molecular formula is C14H16Cl2N4O2S. The molecule has 1 aromatic carbocycles. The molecule has 1 fully saturated rings. The van der Waals surface area contributed by atoms with E-state index in [2.05, 4.69) is 14.7 Å². The third-order valence-electron chi connectivity index (χ3n) is 3.37. The number of nitrogens with zero attached hydrogens (tertiary/aromatic N) is 3. The van der Waals surface area contributed by atoms with Crippen molar-refractivity contribution in [3.8, 4) is 11.1 Å². The van der Waals surface area contributed by atoms with E-state index >= 15 is 0 Å². The van der Waals surface area contributed by atoms with Crippen LogP contribution in [-0.2, 0) is 0 Å². The number of benzene rings is 1. The minimum absolute atomic E-state index is 0.172. The number of rotatable bonds is 2. The van der Waals surface area contributed by atoms with Gasteiger partial charge in [-0.2, -0.15) is 9.71 Å². The quantitative estimate of drug-likeness (QED) is 0.682. The van der Waals surface area contributed by atoms with Crippen molar-refractivity contribution >= 4 is 40.1 Å². The molecule has 1 aliphatic rings. The van der Waals surface area contributed by atoms with E-state index in [0.717, 1.165) is 5.56 Å². The molecule has 3 N–H and O–H groups in total. The van der Waals surface area contributed by atoms with Gasteiger partial charge in [-0.25, -0.2) is 9.29 Å². The van der Waals surface area contributed by atoms with E-state index in [4.69, 9.17) is 23.2 Å². The summed E-state index contributed by atoms with van der Waals surface area (Å²) in [7, 11) is -3.17. The molecule has 2 heterocycles. The predicted octanol–water partition coefficient (Wildman–Crippen LogP) is 4.22. The molecule has 0 bridgehead atoms. The van der Waals surface area contributed by atoms with Gasteiger partial charge in [0.15, 0.2) is 0 Å². The van der Waals surface area contributed by atoms with Gasteiger partial charge < -0.3 is 0 Å². The first-order valence-corrected chi connectivity index (χ1v) is 9.07. The first-order valence-electron chi connectivity index (χ1n) is 6.81. The molecule has 0 radical (unpaired) electrons. The fourth-order valence-electron chi connectivity index (χ4n) is 2.39. The van der Waals surface area contributed by atoms with Crippen molar-refractivity contribution in [2.75, 3.05) is 10.8 Å². The zero-order valence-electron chi connectivity index (χ0n) is 12.5. The Morgan fingerprint density at radius 1 is 1.22 bits per heavy atom. The smallest absolute Gasteiger partial charge is 0.246 e. The second-order valence-electron chi connectivity index (χ2n) is 5.92. The highest BCUT2D eigenvalue weighted by Gasteiger charge is 2.42. The van der Waals surface area contributed by atoms with Crippen LogP contribution in [0, 0.1) is 0 Å². The maximum atomic E-state index is 10.2. The zero-order chi connectivity index (χ0) is 16.8. The van der Waals surface area contributed by atoms with Crippen LogP contribution in [0.25, 0.3) is 11.1 Å². The lowest BCUT2D eigenvalue weighted by Crippen LogP contribution is -2.35. The molecule has 0 unspecified atom stereocenters. The van der Waals surface area contributed by atoms with Gasteiger partial charge in [-0.3, -0.25) is 9.11 Å². The summed E-state index contributed by atoms with van der Waals surface area (Å²) in [5.74, 6) is 0.172. The van der Waals surface area contributed by atoms with Crippen molar-refractivity contribution < 1.29 is 9.11 Å². The Balaban J connectivity index is 1.95. The molecule has 1 aromatic heterocycles. The molecule has 2 aromatic rings. The summed E-state index contributed by atoms with van der Waals surface area (Å²) in [6.07, 6.45) is 1.56. The lowest BCUT2D eigenvalue weighted by atomic mass is 10.1. The van der Waals surface area contributed by atoms with Gasteiger partial charge in [-0.15, -0.1) is 0 Å². The Bertz CT molecular complexity index is 740. The highest BCUT2D eigenvalue weighted by atomic mass is 35.5. The maximum absolute atomic E-state index is 10.2. The second-order valence-corrected chi connectivity index (χ2v) is 8.40. The van der Waals surface area contributed by atoms with Crippen LogP contribution in [0.3, 0.4) is 0 Å². The monoisotopic (exact) mass is 374 g/mol. The number of halogens is 2. The van der Waals surface area contributed by atoms with E-state index < -0.39 is 16.5 Å². The molecule has 124 valence electrons. The van der Waals surface area contributed by atoms with Crippen LogP contribution < -0.4 is 9.03 Å². The number of aromatic nitrogens is 2. The van der Waals surface area contributed by atoms with E-state index in [1.165, 1.54) is 4.31 Å². The highest BCUT2D eigenvalue weighted by Crippen LogP contribution is 2.49. The van der Waals surface area contributed by atoms with Crippen LogP contribution in [0.5, 0.6) is 0 Å². The molecule has 3 rings (SSSR count). The van der Waals surface area contributed by atoms with E-state index in [1.54, 1.807) is 18.3 Å². The van der Waals surface area contributed by atoms with E-state index in [-0.39, 0.29) is 11.1 Å². The molecule has 0 aliphatic carbocycles. The molecule has 0 saturated carbocycles. The Morgan fingerprint density at radius 3 is 2.39 bits per heavy atom. The van der Waals surface area contributed by atoms with Gasteiger partial charge in [0.05, 0.1) is 12.1 Å². The van der Waals surface area contributed by atoms with Crippen molar-refractivity contribution in [3.05, 3.63) is 40.6 Å². The average molecular weight is 375 g/mol. The molecule has 23 heavy (non-hydrogen) atoms. The van der Waals surface area contributed by atoms with E-state index in [9.17, 15) is 9.11 Å². The summed E-state index contributed by atoms with van der Waals surface area (Å²) in [6.45, 7) is 4.09. The number of nitrogens with one attached hydrogen (secondary N) is 1. The molecule has 0 atom stereocenters. The summed E-state index contributed by atoms with van der Waals surface area (Å²) < 4.78 is 24.4. The SMILES string of the molecule is CC1(C)CN(c2ncc(-c3ccc(Cl)cc3)c(Cl)n2)S(O)(O)N1. The Hall–Kier alpha value is -1.09. The summed E-state index contributed by atoms with van der Waals surface area (Å²) in [5.41, 5.74) is 1.01. The maximum Gasteiger partial charge on any atom is 0.246 e. The average Bonchev–Trinajstić information content (AvgIpc) is 2.68. The fourth-order valence-corrected chi connectivity index (χ4v) is 4.48. The van der Waals surface area contributed by atoms with Crippen LogP contribution in [0.1, 0.15) is 13.8 Å². The zero-order valence-corrected chi connectivity index (χ0v) is 14.8. The normalized spacial score (nSPS) is 20.5. The van der Waals surface area contributed by atoms with Gasteiger partial charge in [-0.05, 0) is 42.5 Å². The van der Waals surface area contributed by atoms with Crippen molar-refractivity contribution in [2.45, 2.75) is 19.4 Å². The van der Waals surface area contributed by atoms with Crippen molar-refractivity contribution in [3.63, 3.8) is 0 Å². The summed E-state index contributed by atoms with van der Waals surface area (Å²) in [6, 6.07) is 7.15. The molecule has 0 spiro atoms. The standard InChI is InChI=1S/C14H16Cl2N4O2S/c1-14(2)8-20(23(21,22)19-14)13-17-7-11(12(16)18-13)9-3-5-10(15)6-4-9/h3-7,19,21-22H,8H2,1-2H3. The van der Waals surface area contributed by atoms with Gasteiger partial charge in [0.2, 0.25) is 5.95 Å². The molecular weight excluding hydrogens is 359 g/mol.